The minimum Gasteiger partial charge on any atom is -0.370 e. The fourth-order valence-electron chi connectivity index (χ4n) is 1.07. The van der Waals surface area contributed by atoms with Gasteiger partial charge in [-0.05, 0) is 0 Å². The molecule has 0 aliphatic heterocycles. The number of nitrogens with two attached hydrogens (primary N) is 2. The van der Waals surface area contributed by atoms with Crippen LogP contribution in [0.25, 0.3) is 0 Å². The molecule has 16 heavy (non-hydrogen) atoms. The van der Waals surface area contributed by atoms with Crippen LogP contribution in [-0.2, 0) is 23.2 Å². The molecule has 0 bridgehead atoms. The highest BCUT2D eigenvalue weighted by Gasteiger charge is 2.15. The zero-order chi connectivity index (χ0) is 12.1. The summed E-state index contributed by atoms with van der Waals surface area (Å²) in [5, 5.41) is 6.47. The Morgan fingerprint density at radius 3 is 2.81 bits per heavy atom. The van der Waals surface area contributed by atoms with E-state index in [2.05, 4.69) is 15.4 Å². The summed E-state index contributed by atoms with van der Waals surface area (Å²) in [6.07, 6.45) is 1.34. The molecule has 1 rings (SSSR count). The third-order valence-electron chi connectivity index (χ3n) is 1.83. The Kier molecular flexibility index (Phi) is 3.95. The van der Waals surface area contributed by atoms with Crippen molar-refractivity contribution in [3.8, 4) is 0 Å². The molecule has 5 N–H and O–H groups in total. The Morgan fingerprint density at radius 2 is 2.31 bits per heavy atom. The van der Waals surface area contributed by atoms with Gasteiger partial charge in [-0.25, -0.2) is 4.98 Å². The number of amides is 2. The van der Waals surface area contributed by atoms with Crippen molar-refractivity contribution in [1.29, 1.82) is 0 Å². The van der Waals surface area contributed by atoms with E-state index in [1.807, 2.05) is 0 Å². The third-order valence-corrected chi connectivity index (χ3v) is 1.83. The molecular formula is C8H14N6O2. The Balaban J connectivity index is 2.37. The molecule has 1 aromatic rings. The maximum absolute atomic E-state index is 11.4. The van der Waals surface area contributed by atoms with E-state index in [4.69, 9.17) is 11.5 Å². The molecule has 8 heteroatoms. The predicted octanol–water partition coefficient (Wildman–Crippen LogP) is -2.37. The van der Waals surface area contributed by atoms with Gasteiger partial charge >= 0.3 is 0 Å². The number of hydrogen-bond donors (Lipinski definition) is 3. The second kappa shape index (κ2) is 5.21. The summed E-state index contributed by atoms with van der Waals surface area (Å²) in [5.41, 5.74) is 10.3. The van der Waals surface area contributed by atoms with Gasteiger partial charge in [-0.1, -0.05) is 0 Å². The Labute approximate surface area is 92.0 Å². The van der Waals surface area contributed by atoms with Crippen molar-refractivity contribution < 1.29 is 9.59 Å². The van der Waals surface area contributed by atoms with E-state index in [0.717, 1.165) is 0 Å². The number of primary amides is 1. The summed E-state index contributed by atoms with van der Waals surface area (Å²) in [6, 6.07) is -0.929. The van der Waals surface area contributed by atoms with Crippen molar-refractivity contribution >= 4 is 11.8 Å². The molecule has 88 valence electrons. The summed E-state index contributed by atoms with van der Waals surface area (Å²) in [6.45, 7) is 0.173. The molecule has 0 saturated heterocycles. The molecule has 0 aliphatic carbocycles. The molecule has 2 amide bonds. The number of hydrogen-bond acceptors (Lipinski definition) is 5. The van der Waals surface area contributed by atoms with E-state index in [-0.39, 0.29) is 13.0 Å². The van der Waals surface area contributed by atoms with E-state index >= 15 is 0 Å². The number of nitrogens with one attached hydrogen (secondary N) is 1. The lowest BCUT2D eigenvalue weighted by Gasteiger charge is -2.08. The fourth-order valence-corrected chi connectivity index (χ4v) is 1.07. The lowest BCUT2D eigenvalue weighted by molar-refractivity contribution is -0.126. The van der Waals surface area contributed by atoms with Crippen LogP contribution in [0.5, 0.6) is 0 Å². The normalized spacial score (nSPS) is 12.1. The molecule has 1 unspecified atom stereocenters. The van der Waals surface area contributed by atoms with Crippen LogP contribution in [0.4, 0.5) is 0 Å². The highest BCUT2D eigenvalue weighted by atomic mass is 16.2. The van der Waals surface area contributed by atoms with Crippen molar-refractivity contribution in [2.24, 2.45) is 18.5 Å². The lowest BCUT2D eigenvalue weighted by Crippen LogP contribution is -2.42. The van der Waals surface area contributed by atoms with Crippen molar-refractivity contribution in [2.45, 2.75) is 19.0 Å². The smallest absolute Gasteiger partial charge is 0.237 e. The van der Waals surface area contributed by atoms with Crippen LogP contribution in [0.15, 0.2) is 6.33 Å². The van der Waals surface area contributed by atoms with E-state index in [1.54, 1.807) is 7.05 Å². The van der Waals surface area contributed by atoms with Gasteiger partial charge in [-0.3, -0.25) is 14.3 Å². The SMILES string of the molecule is Cn1cnc(CNC(=O)C(N)CC(N)=O)n1. The Hall–Kier alpha value is -1.96. The van der Waals surface area contributed by atoms with E-state index < -0.39 is 17.9 Å². The molecule has 8 nitrogen and oxygen atoms in total. The van der Waals surface area contributed by atoms with Gasteiger partial charge in [0.25, 0.3) is 0 Å². The molecule has 1 heterocycles. The lowest BCUT2D eigenvalue weighted by atomic mass is 10.2. The highest BCUT2D eigenvalue weighted by molar-refractivity contribution is 5.87. The number of aryl methyl sites for hydroxylation is 1. The Morgan fingerprint density at radius 1 is 1.62 bits per heavy atom. The first-order valence-electron chi connectivity index (χ1n) is 4.65. The maximum atomic E-state index is 11.4. The van der Waals surface area contributed by atoms with Gasteiger partial charge in [0.1, 0.15) is 6.33 Å². The van der Waals surface area contributed by atoms with Crippen molar-refractivity contribution in [1.82, 2.24) is 20.1 Å². The topological polar surface area (TPSA) is 129 Å². The van der Waals surface area contributed by atoms with Crippen molar-refractivity contribution in [3.63, 3.8) is 0 Å². The molecule has 0 saturated carbocycles. The summed E-state index contributed by atoms with van der Waals surface area (Å²) >= 11 is 0. The zero-order valence-electron chi connectivity index (χ0n) is 8.88. The van der Waals surface area contributed by atoms with Gasteiger partial charge in [-0.2, -0.15) is 5.10 Å². The van der Waals surface area contributed by atoms with Gasteiger partial charge < -0.3 is 16.8 Å². The molecule has 1 aromatic heterocycles. The molecule has 0 aliphatic rings. The average molecular weight is 226 g/mol. The first kappa shape index (κ1) is 12.1. The first-order chi connectivity index (χ1) is 7.49. The average Bonchev–Trinajstić information content (AvgIpc) is 2.59. The predicted molar refractivity (Wildman–Crippen MR) is 54.6 cm³/mol. The number of carbonyl (C=O) groups is 2. The van der Waals surface area contributed by atoms with E-state index in [9.17, 15) is 9.59 Å². The molecule has 0 spiro atoms. The number of aromatic nitrogens is 3. The van der Waals surface area contributed by atoms with E-state index in [1.165, 1.54) is 11.0 Å². The zero-order valence-corrected chi connectivity index (χ0v) is 8.88. The van der Waals surface area contributed by atoms with Gasteiger partial charge in [-0.15, -0.1) is 0 Å². The summed E-state index contributed by atoms with van der Waals surface area (Å²) in [7, 11) is 1.72. The van der Waals surface area contributed by atoms with E-state index in [0.29, 0.717) is 5.82 Å². The summed E-state index contributed by atoms with van der Waals surface area (Å²) in [4.78, 5) is 25.8. The van der Waals surface area contributed by atoms with Crippen molar-refractivity contribution in [2.75, 3.05) is 0 Å². The summed E-state index contributed by atoms with van der Waals surface area (Å²) in [5.74, 6) is -0.591. The second-order valence-electron chi connectivity index (χ2n) is 3.33. The highest BCUT2D eigenvalue weighted by Crippen LogP contribution is 1.90. The number of rotatable bonds is 5. The monoisotopic (exact) mass is 226 g/mol. The van der Waals surface area contributed by atoms with Crippen LogP contribution in [-0.4, -0.2) is 32.6 Å². The molecular weight excluding hydrogens is 212 g/mol. The minimum absolute atomic E-state index is 0.173. The third kappa shape index (κ3) is 3.65. The summed E-state index contributed by atoms with van der Waals surface area (Å²) < 4.78 is 1.52. The van der Waals surface area contributed by atoms with Crippen molar-refractivity contribution in [3.05, 3.63) is 12.2 Å². The molecule has 0 aromatic carbocycles. The van der Waals surface area contributed by atoms with Crippen LogP contribution in [0.1, 0.15) is 12.2 Å². The van der Waals surface area contributed by atoms with Crippen LogP contribution in [0.3, 0.4) is 0 Å². The number of carbonyl (C=O) groups excluding carboxylic acids is 2. The maximum Gasteiger partial charge on any atom is 0.237 e. The van der Waals surface area contributed by atoms with Gasteiger partial charge in [0.15, 0.2) is 5.82 Å². The van der Waals surface area contributed by atoms with Gasteiger partial charge in [0.05, 0.1) is 19.0 Å². The van der Waals surface area contributed by atoms with Gasteiger partial charge in [0, 0.05) is 7.05 Å². The van der Waals surface area contributed by atoms with Crippen LogP contribution in [0.2, 0.25) is 0 Å². The molecule has 0 radical (unpaired) electrons. The minimum atomic E-state index is -0.929. The second-order valence-corrected chi connectivity index (χ2v) is 3.33. The fraction of sp³-hybridized carbons (Fsp3) is 0.500. The Bertz CT molecular complexity index is 388. The largest absolute Gasteiger partial charge is 0.370 e. The standard InChI is InChI=1S/C8H14N6O2/c1-14-4-12-7(13-14)3-11-8(16)5(9)2-6(10)15/h4-5H,2-3,9H2,1H3,(H2,10,15)(H,11,16). The number of nitrogens with zero attached hydrogens (tertiary/aromatic N) is 3. The first-order valence-corrected chi connectivity index (χ1v) is 4.65. The molecule has 0 fully saturated rings. The van der Waals surface area contributed by atoms with Crippen LogP contribution in [0, 0.1) is 0 Å². The van der Waals surface area contributed by atoms with Gasteiger partial charge in [0.2, 0.25) is 11.8 Å². The van der Waals surface area contributed by atoms with Crippen LogP contribution < -0.4 is 16.8 Å². The quantitative estimate of drug-likeness (QED) is 0.517. The molecule has 1 atom stereocenters. The van der Waals surface area contributed by atoms with Crippen LogP contribution >= 0.6 is 0 Å².